The number of primary sulfonamides is 1. The van der Waals surface area contributed by atoms with Crippen LogP contribution in [0.3, 0.4) is 0 Å². The van der Waals surface area contributed by atoms with Crippen LogP contribution in [0.1, 0.15) is 30.8 Å². The Labute approximate surface area is 196 Å². The third kappa shape index (κ3) is 8.82. The molecule has 0 aliphatic rings. The summed E-state index contributed by atoms with van der Waals surface area (Å²) in [6.45, 7) is 5.22. The fourth-order valence-electron chi connectivity index (χ4n) is 3.50. The number of hydrogen-bond acceptors (Lipinski definition) is 6. The zero-order chi connectivity index (χ0) is 24.6. The molecule has 0 radical (unpaired) electrons. The molecule has 178 valence electrons. The summed E-state index contributed by atoms with van der Waals surface area (Å²) in [5, 5.41) is 5.18. The predicted molar refractivity (Wildman–Crippen MR) is 112 cm³/mol. The van der Waals surface area contributed by atoms with Crippen LogP contribution in [0.5, 0.6) is 0 Å². The van der Waals surface area contributed by atoms with E-state index < -0.39 is 20.3 Å². The van der Waals surface area contributed by atoms with Gasteiger partial charge >= 0.3 is 0 Å². The molecule has 8 nitrogen and oxygen atoms in total. The lowest BCUT2D eigenvalue weighted by atomic mass is 10.0. The molecular formula is C23H27ClN2O6S. The van der Waals surface area contributed by atoms with Crippen LogP contribution < -0.4 is 28.3 Å². The average molecular weight is 495 g/mol. The molecule has 2 aromatic carbocycles. The van der Waals surface area contributed by atoms with Crippen molar-refractivity contribution in [2.45, 2.75) is 44.6 Å². The molecular weight excluding hydrogens is 468 g/mol. The molecule has 0 saturated heterocycles. The van der Waals surface area contributed by atoms with E-state index in [4.69, 9.17) is 23.8 Å². The van der Waals surface area contributed by atoms with E-state index in [1.807, 2.05) is 18.2 Å². The first-order valence-electron chi connectivity index (χ1n) is 10.3. The van der Waals surface area contributed by atoms with Crippen molar-refractivity contribution < 1.29 is 41.9 Å². The monoisotopic (exact) mass is 494 g/mol. The van der Waals surface area contributed by atoms with Gasteiger partial charge in [0, 0.05) is 31.4 Å². The summed E-state index contributed by atoms with van der Waals surface area (Å²) in [4.78, 5) is 0.152. The van der Waals surface area contributed by atoms with E-state index in [0.29, 0.717) is 0 Å². The van der Waals surface area contributed by atoms with E-state index in [0.717, 1.165) is 31.4 Å². The van der Waals surface area contributed by atoms with Gasteiger partial charge in [-0.2, -0.15) is 4.57 Å². The van der Waals surface area contributed by atoms with Crippen LogP contribution in [-0.2, 0) is 35.8 Å². The van der Waals surface area contributed by atoms with Gasteiger partial charge in [0.05, 0.1) is 4.90 Å². The maximum absolute atomic E-state index is 11.4. The zero-order valence-corrected chi connectivity index (χ0v) is 20.0. The second-order valence-corrected chi connectivity index (χ2v) is 9.59. The minimum atomic E-state index is -4.94. The van der Waals surface area contributed by atoms with Gasteiger partial charge in [-0.3, -0.25) is 0 Å². The normalized spacial score (nSPS) is 11.6. The highest BCUT2D eigenvalue weighted by molar-refractivity contribution is 7.89. The lowest BCUT2D eigenvalue weighted by Crippen LogP contribution is -2.68. The minimum absolute atomic E-state index is 0.152. The van der Waals surface area contributed by atoms with E-state index in [1.165, 1.54) is 22.5 Å². The molecule has 0 bridgehead atoms. The number of pyridine rings is 1. The van der Waals surface area contributed by atoms with E-state index in [1.54, 1.807) is 12.1 Å². The molecule has 1 aromatic heterocycles. The van der Waals surface area contributed by atoms with Crippen LogP contribution in [0, 0.1) is 10.2 Å². The number of benzene rings is 2. The minimum Gasteiger partial charge on any atom is -0.225 e. The Balaban J connectivity index is 0.000000696. The summed E-state index contributed by atoms with van der Waals surface area (Å²) in [6, 6.07) is 21.9. The molecule has 0 aliphatic heterocycles. The predicted octanol–water partition coefficient (Wildman–Crippen LogP) is -1.10. The van der Waals surface area contributed by atoms with Crippen molar-refractivity contribution in [2.24, 2.45) is 5.14 Å². The highest BCUT2D eigenvalue weighted by atomic mass is 35.7. The highest BCUT2D eigenvalue weighted by Gasteiger charge is 2.17. The maximum atomic E-state index is 11.4. The van der Waals surface area contributed by atoms with Gasteiger partial charge < -0.3 is 0 Å². The highest BCUT2D eigenvalue weighted by Crippen LogP contribution is 2.21. The van der Waals surface area contributed by atoms with Crippen LogP contribution in [-0.4, -0.2) is 8.42 Å². The molecule has 0 fully saturated rings. The van der Waals surface area contributed by atoms with Crippen molar-refractivity contribution in [1.82, 2.24) is 0 Å². The first kappa shape index (κ1) is 26.9. The maximum Gasteiger partial charge on any atom is 0.238 e. The Morgan fingerprint density at radius 3 is 1.73 bits per heavy atom. The summed E-state index contributed by atoms with van der Waals surface area (Å²) in [6.07, 6.45) is 2.75. The number of hydrogen-bond donors (Lipinski definition) is 1. The van der Waals surface area contributed by atoms with Gasteiger partial charge in [0.15, 0.2) is 17.9 Å². The third-order valence-corrected chi connectivity index (χ3v) is 5.97. The van der Waals surface area contributed by atoms with Gasteiger partial charge in [-0.05, 0) is 28.8 Å². The fraction of sp³-hybridized carbons (Fsp3) is 0.261. The molecule has 0 aliphatic carbocycles. The second kappa shape index (κ2) is 11.7. The van der Waals surface area contributed by atoms with Gasteiger partial charge in [-0.15, -0.1) is 10.2 Å². The number of rotatable bonds is 7. The van der Waals surface area contributed by atoms with Crippen molar-refractivity contribution in [3.05, 3.63) is 83.7 Å². The quantitative estimate of drug-likeness (QED) is 0.411. The molecule has 3 aromatic rings. The fourth-order valence-corrected chi connectivity index (χ4v) is 4.01. The van der Waals surface area contributed by atoms with Crippen LogP contribution in [0.25, 0.3) is 11.1 Å². The molecule has 10 heteroatoms. The number of aromatic nitrogens is 1. The molecule has 3 rings (SSSR count). The van der Waals surface area contributed by atoms with Crippen molar-refractivity contribution >= 4 is 10.0 Å². The van der Waals surface area contributed by atoms with E-state index in [2.05, 4.69) is 54.8 Å². The molecule has 2 N–H and O–H groups in total. The standard InChI is InChI=1S/C23H27N2O2S.ClHO4/c1-3-21-16-20(19-8-6-5-7-9-19)17-22(4-2)25(21)15-14-18-10-12-23(13-11-18)28(24,26)27;2-1(3,4)5/h5-13,16-17H,3-4,14-15H2,1-2H3,(H2,24,26,27);(H,2,3,4,5)/q+1;/p-1. The summed E-state index contributed by atoms with van der Waals surface area (Å²) in [5.74, 6) is 0. The number of nitrogens with two attached hydrogens (primary N) is 1. The number of sulfonamides is 1. The Morgan fingerprint density at radius 1 is 0.818 bits per heavy atom. The van der Waals surface area contributed by atoms with E-state index in [-0.39, 0.29) is 4.90 Å². The molecule has 0 unspecified atom stereocenters. The summed E-state index contributed by atoms with van der Waals surface area (Å²) in [5.41, 5.74) is 6.19. The molecule has 33 heavy (non-hydrogen) atoms. The topological polar surface area (TPSA) is 156 Å². The Kier molecular flexibility index (Phi) is 9.50. The van der Waals surface area contributed by atoms with E-state index in [9.17, 15) is 8.42 Å². The molecule has 0 spiro atoms. The number of aryl methyl sites for hydroxylation is 3. The first-order valence-corrected chi connectivity index (χ1v) is 13.0. The molecule has 0 amide bonds. The number of nitrogens with zero attached hydrogens (tertiary/aromatic N) is 1. The van der Waals surface area contributed by atoms with Crippen molar-refractivity contribution in [2.75, 3.05) is 0 Å². The lowest BCUT2D eigenvalue weighted by Gasteiger charge is -2.17. The third-order valence-electron chi connectivity index (χ3n) is 5.05. The van der Waals surface area contributed by atoms with Crippen LogP contribution in [0.4, 0.5) is 0 Å². The van der Waals surface area contributed by atoms with Crippen molar-refractivity contribution in [1.29, 1.82) is 0 Å². The van der Waals surface area contributed by atoms with Gasteiger partial charge in [-0.1, -0.05) is 56.3 Å². The largest absolute Gasteiger partial charge is 0.238 e. The smallest absolute Gasteiger partial charge is 0.225 e. The summed E-state index contributed by atoms with van der Waals surface area (Å²) < 4.78 is 59.2. The van der Waals surface area contributed by atoms with Gasteiger partial charge in [-0.25, -0.2) is 32.2 Å². The number of halogens is 1. The van der Waals surface area contributed by atoms with Crippen molar-refractivity contribution in [3.63, 3.8) is 0 Å². The second-order valence-electron chi connectivity index (χ2n) is 7.27. The Hall–Kier alpha value is -2.37. The van der Waals surface area contributed by atoms with Crippen LogP contribution >= 0.6 is 0 Å². The van der Waals surface area contributed by atoms with E-state index >= 15 is 0 Å². The lowest BCUT2D eigenvalue weighted by molar-refractivity contribution is -2.00. The van der Waals surface area contributed by atoms with Gasteiger partial charge in [0.1, 0.15) is 0 Å². The summed E-state index contributed by atoms with van der Waals surface area (Å²) >= 11 is 0. The molecule has 0 saturated carbocycles. The average Bonchev–Trinajstić information content (AvgIpc) is 2.76. The van der Waals surface area contributed by atoms with Gasteiger partial charge in [0.2, 0.25) is 10.0 Å². The van der Waals surface area contributed by atoms with Gasteiger partial charge in [0.25, 0.3) is 0 Å². The molecule has 1 heterocycles. The summed E-state index contributed by atoms with van der Waals surface area (Å²) in [7, 11) is -8.59. The Bertz CT molecular complexity index is 1120. The Morgan fingerprint density at radius 2 is 1.30 bits per heavy atom. The van der Waals surface area contributed by atoms with Crippen LogP contribution in [0.2, 0.25) is 0 Å². The molecule has 0 atom stereocenters. The SMILES string of the molecule is CCc1cc(-c2ccccc2)cc(CC)[n+]1CCc1ccc(S(N)(=O)=O)cc1.[O-][Cl+3]([O-])([O-])[O-]. The van der Waals surface area contributed by atoms with Crippen molar-refractivity contribution in [3.8, 4) is 11.1 Å². The van der Waals surface area contributed by atoms with Crippen LogP contribution in [0.15, 0.2) is 71.6 Å². The first-order chi connectivity index (χ1) is 15.4. The zero-order valence-electron chi connectivity index (χ0n) is 18.4.